The monoisotopic (exact) mass is 728 g/mol. The molecule has 0 amide bonds. The molecule has 4 saturated carbocycles. The van der Waals surface area contributed by atoms with Gasteiger partial charge in [0.1, 0.15) is 19.8 Å². The number of carbonyl (C=O) groups excluding carboxylic acids is 3. The van der Waals surface area contributed by atoms with Gasteiger partial charge in [0.2, 0.25) is 0 Å². The molecule has 0 radical (unpaired) electrons. The van der Waals surface area contributed by atoms with Gasteiger partial charge in [-0.15, -0.1) is 0 Å². The van der Waals surface area contributed by atoms with Crippen LogP contribution in [0.5, 0.6) is 0 Å². The fourth-order valence-electron chi connectivity index (χ4n) is 9.57. The van der Waals surface area contributed by atoms with Crippen LogP contribution in [0.2, 0.25) is 0 Å². The van der Waals surface area contributed by atoms with Gasteiger partial charge in [-0.1, -0.05) is 70.3 Å². The van der Waals surface area contributed by atoms with Gasteiger partial charge in [0.05, 0.1) is 12.5 Å². The van der Waals surface area contributed by atoms with Gasteiger partial charge < -0.3 is 23.8 Å². The summed E-state index contributed by atoms with van der Waals surface area (Å²) in [5.41, 5.74) is 0. The third kappa shape index (κ3) is 16.3. The summed E-state index contributed by atoms with van der Waals surface area (Å²) in [6, 6.07) is 0. The Labute approximate surface area is 316 Å². The fourth-order valence-corrected chi connectivity index (χ4v) is 9.57. The van der Waals surface area contributed by atoms with Crippen molar-refractivity contribution in [2.75, 3.05) is 46.1 Å². The highest BCUT2D eigenvalue weighted by Gasteiger charge is 2.47. The number of nitrogens with zero attached hydrogens (tertiary/aromatic N) is 1. The lowest BCUT2D eigenvalue weighted by molar-refractivity contribution is -0.150. The van der Waals surface area contributed by atoms with Crippen LogP contribution in [0, 0.1) is 41.4 Å². The fraction of sp³-hybridized carbons (Fsp3) is 0.841. The lowest BCUT2D eigenvalue weighted by Gasteiger charge is -2.54. The van der Waals surface area contributed by atoms with E-state index in [0.29, 0.717) is 31.3 Å². The molecule has 5 rings (SSSR count). The van der Waals surface area contributed by atoms with Crippen LogP contribution in [0.1, 0.15) is 149 Å². The van der Waals surface area contributed by atoms with Crippen molar-refractivity contribution >= 4 is 18.1 Å². The number of esters is 2. The number of unbranched alkanes of at least 4 members (excludes halogenated alkanes) is 8. The zero-order chi connectivity index (χ0) is 36.8. The van der Waals surface area contributed by atoms with E-state index in [4.69, 9.17) is 18.9 Å². The number of carbonyl (C=O) groups is 3. The van der Waals surface area contributed by atoms with Gasteiger partial charge in [-0.3, -0.25) is 9.59 Å². The lowest BCUT2D eigenvalue weighted by Crippen LogP contribution is -2.45. The minimum absolute atomic E-state index is 0.0234. The van der Waals surface area contributed by atoms with E-state index in [1.165, 1.54) is 64.2 Å². The average Bonchev–Trinajstić information content (AvgIpc) is 3.14. The number of ether oxygens (including phenoxy) is 4. The minimum Gasteiger partial charge on any atom is -0.465 e. The summed E-state index contributed by atoms with van der Waals surface area (Å²) in [5.74, 6) is 3.47. The predicted octanol–water partition coefficient (Wildman–Crippen LogP) is 10.2. The quantitative estimate of drug-likeness (QED) is 0.0376. The van der Waals surface area contributed by atoms with Crippen LogP contribution in [-0.4, -0.2) is 69.1 Å². The highest BCUT2D eigenvalue weighted by molar-refractivity contribution is 5.69. The summed E-state index contributed by atoms with van der Waals surface area (Å²) in [7, 11) is 0. The second-order valence-corrected chi connectivity index (χ2v) is 16.6. The maximum atomic E-state index is 12.9. The summed E-state index contributed by atoms with van der Waals surface area (Å²) in [6.45, 7) is 7.82. The van der Waals surface area contributed by atoms with Crippen molar-refractivity contribution in [1.29, 1.82) is 0 Å². The van der Waals surface area contributed by atoms with Crippen molar-refractivity contribution in [3.05, 3.63) is 24.3 Å². The van der Waals surface area contributed by atoms with Gasteiger partial charge in [-0.25, -0.2) is 4.79 Å². The van der Waals surface area contributed by atoms with Crippen molar-refractivity contribution < 1.29 is 33.3 Å². The zero-order valence-corrected chi connectivity index (χ0v) is 33.0. The molecule has 0 spiro atoms. The van der Waals surface area contributed by atoms with Crippen LogP contribution in [0.4, 0.5) is 4.79 Å². The molecule has 2 atom stereocenters. The normalized spacial score (nSPS) is 26.2. The van der Waals surface area contributed by atoms with Gasteiger partial charge in [0.25, 0.3) is 0 Å². The van der Waals surface area contributed by atoms with E-state index in [9.17, 15) is 14.4 Å². The summed E-state index contributed by atoms with van der Waals surface area (Å²) in [4.78, 5) is 40.4. The third-order valence-corrected chi connectivity index (χ3v) is 12.3. The second kappa shape index (κ2) is 24.9. The minimum atomic E-state index is -0.719. The first-order valence-corrected chi connectivity index (χ1v) is 21.6. The van der Waals surface area contributed by atoms with E-state index in [-0.39, 0.29) is 31.8 Å². The molecule has 0 aromatic carbocycles. The number of allylic oxidation sites excluding steroid dienone is 4. The topological polar surface area (TPSA) is 91.4 Å². The highest BCUT2D eigenvalue weighted by atomic mass is 16.7. The van der Waals surface area contributed by atoms with E-state index in [0.717, 1.165) is 101 Å². The van der Waals surface area contributed by atoms with E-state index >= 15 is 0 Å². The molecule has 0 aromatic rings. The Hall–Kier alpha value is -2.35. The average molecular weight is 728 g/mol. The Morgan fingerprint density at radius 1 is 0.692 bits per heavy atom. The molecule has 0 aromatic heterocycles. The van der Waals surface area contributed by atoms with E-state index in [1.807, 2.05) is 0 Å². The summed E-state index contributed by atoms with van der Waals surface area (Å²) in [6.07, 6.45) is 31.5. The molecule has 4 aliphatic carbocycles. The van der Waals surface area contributed by atoms with Gasteiger partial charge in [-0.05, 0) is 133 Å². The molecule has 1 saturated heterocycles. The number of rotatable bonds is 26. The first-order valence-electron chi connectivity index (χ1n) is 21.6. The first kappa shape index (κ1) is 42.4. The zero-order valence-electron chi connectivity index (χ0n) is 33.0. The molecule has 52 heavy (non-hydrogen) atoms. The number of hydrogen-bond donors (Lipinski definition) is 0. The van der Waals surface area contributed by atoms with Gasteiger partial charge in [0, 0.05) is 25.3 Å². The molecular weight excluding hydrogens is 654 g/mol. The van der Waals surface area contributed by atoms with E-state index in [1.54, 1.807) is 0 Å². The maximum absolute atomic E-state index is 12.9. The Bertz CT molecular complexity index is 1060. The van der Waals surface area contributed by atoms with E-state index < -0.39 is 12.1 Å². The molecule has 1 aliphatic heterocycles. The van der Waals surface area contributed by atoms with E-state index in [2.05, 4.69) is 43.1 Å². The number of piperidine rings is 1. The Kier molecular flexibility index (Phi) is 20.3. The van der Waals surface area contributed by atoms with Gasteiger partial charge in [0.15, 0.2) is 0 Å². The third-order valence-electron chi connectivity index (χ3n) is 12.3. The second-order valence-electron chi connectivity index (χ2n) is 16.6. The molecule has 2 unspecified atom stereocenters. The first-order chi connectivity index (χ1) is 25.4. The van der Waals surface area contributed by atoms with Crippen molar-refractivity contribution in [1.82, 2.24) is 4.90 Å². The smallest absolute Gasteiger partial charge is 0.465 e. The molecule has 1 heterocycles. The van der Waals surface area contributed by atoms with Crippen molar-refractivity contribution in [2.45, 2.75) is 149 Å². The van der Waals surface area contributed by atoms with Gasteiger partial charge in [-0.2, -0.15) is 0 Å². The van der Waals surface area contributed by atoms with Crippen LogP contribution < -0.4 is 0 Å². The Morgan fingerprint density at radius 2 is 1.31 bits per heavy atom. The predicted molar refractivity (Wildman–Crippen MR) is 207 cm³/mol. The van der Waals surface area contributed by atoms with Crippen LogP contribution >= 0.6 is 0 Å². The molecule has 5 aliphatic rings. The van der Waals surface area contributed by atoms with Crippen molar-refractivity contribution in [3.63, 3.8) is 0 Å². The number of likely N-dealkylation sites (tertiary alicyclic amines) is 1. The molecular formula is C44H73NO7. The largest absolute Gasteiger partial charge is 0.508 e. The standard InChI is InChI=1S/C44H73NO7/c1-3-5-6-7-8-9-10-11-12-13-14-15-16-17-18-21-42(46)49-32-38(34-52-44(48)51-31-35-20-19-24-45(4-2)30-35)33-50-43(47)23-22-41-39-26-36-25-37(28-39)29-40(41)27-36/h8-9,11-12,35-41H,3-7,10,13-34H2,1-2H3/b9-8-,12-11-. The number of hydrogen-bond acceptors (Lipinski definition) is 8. The van der Waals surface area contributed by atoms with Gasteiger partial charge >= 0.3 is 18.1 Å². The molecule has 296 valence electrons. The molecule has 4 bridgehead atoms. The molecule has 8 nitrogen and oxygen atoms in total. The molecule has 8 heteroatoms. The maximum Gasteiger partial charge on any atom is 0.508 e. The Morgan fingerprint density at radius 3 is 1.98 bits per heavy atom. The molecule has 0 N–H and O–H groups in total. The summed E-state index contributed by atoms with van der Waals surface area (Å²) in [5, 5.41) is 0. The highest BCUT2D eigenvalue weighted by Crippen LogP contribution is 2.57. The molecule has 5 fully saturated rings. The lowest BCUT2D eigenvalue weighted by atomic mass is 9.51. The van der Waals surface area contributed by atoms with Crippen LogP contribution in [-0.2, 0) is 28.5 Å². The van der Waals surface area contributed by atoms with Crippen LogP contribution in [0.3, 0.4) is 0 Å². The van der Waals surface area contributed by atoms with Crippen LogP contribution in [0.15, 0.2) is 24.3 Å². The Balaban J connectivity index is 1.09. The van der Waals surface area contributed by atoms with Crippen molar-refractivity contribution in [2.24, 2.45) is 41.4 Å². The van der Waals surface area contributed by atoms with Crippen molar-refractivity contribution in [3.8, 4) is 0 Å². The SMILES string of the molecule is CCCCC/C=C\C/C=C\CCCCCCCC(=O)OCC(COC(=O)CCC1C2CC3CC(C2)CC1C3)COC(=O)OCC1CCCN(CC)C1. The van der Waals surface area contributed by atoms with Crippen LogP contribution in [0.25, 0.3) is 0 Å². The summed E-state index contributed by atoms with van der Waals surface area (Å²) >= 11 is 0. The summed E-state index contributed by atoms with van der Waals surface area (Å²) < 4.78 is 22.2.